The van der Waals surface area contributed by atoms with Crippen molar-refractivity contribution in [3.8, 4) is 0 Å². The molecule has 2 N–H and O–H groups in total. The van der Waals surface area contributed by atoms with Gasteiger partial charge in [0.2, 0.25) is 6.04 Å². The molecule has 124 valence electrons. The van der Waals surface area contributed by atoms with E-state index in [1.54, 1.807) is 32.9 Å². The van der Waals surface area contributed by atoms with E-state index < -0.39 is 24.4 Å². The van der Waals surface area contributed by atoms with Gasteiger partial charge < -0.3 is 10.6 Å². The number of halogens is 6. The van der Waals surface area contributed by atoms with Crippen molar-refractivity contribution < 1.29 is 31.1 Å². The van der Waals surface area contributed by atoms with Crippen LogP contribution in [-0.4, -0.2) is 24.4 Å². The zero-order chi connectivity index (χ0) is 17.3. The van der Waals surface area contributed by atoms with Crippen LogP contribution in [0.15, 0.2) is 12.1 Å². The third-order valence-electron chi connectivity index (χ3n) is 2.85. The number of amides is 2. The zero-order valence-corrected chi connectivity index (χ0v) is 11.9. The molecule has 3 nitrogen and oxygen atoms in total. The van der Waals surface area contributed by atoms with Crippen molar-refractivity contribution in [1.82, 2.24) is 5.32 Å². The molecule has 1 aromatic rings. The molecule has 0 aliphatic rings. The van der Waals surface area contributed by atoms with E-state index in [-0.39, 0.29) is 5.69 Å². The Morgan fingerprint density at radius 3 is 1.73 bits per heavy atom. The van der Waals surface area contributed by atoms with E-state index in [0.29, 0.717) is 11.1 Å². The van der Waals surface area contributed by atoms with Gasteiger partial charge in [-0.1, -0.05) is 17.7 Å². The number of alkyl halides is 6. The average molecular weight is 328 g/mol. The minimum Gasteiger partial charge on any atom is -0.318 e. The SMILES string of the molecule is Cc1cc(C)c(NC(=O)NC(C(F)(F)F)C(F)(F)F)c(C)c1. The molecule has 1 aromatic carbocycles. The Morgan fingerprint density at radius 1 is 0.955 bits per heavy atom. The van der Waals surface area contributed by atoms with Gasteiger partial charge in [-0.05, 0) is 31.9 Å². The number of carbonyl (C=O) groups is 1. The summed E-state index contributed by atoms with van der Waals surface area (Å²) in [5.74, 6) is 0. The number of rotatable bonds is 2. The molecule has 0 spiro atoms. The minimum atomic E-state index is -5.63. The van der Waals surface area contributed by atoms with Gasteiger partial charge in [-0.15, -0.1) is 0 Å². The van der Waals surface area contributed by atoms with Crippen molar-refractivity contribution >= 4 is 11.7 Å². The molecule has 1 rings (SSSR count). The van der Waals surface area contributed by atoms with Crippen molar-refractivity contribution in [2.24, 2.45) is 0 Å². The van der Waals surface area contributed by atoms with E-state index >= 15 is 0 Å². The van der Waals surface area contributed by atoms with Crippen molar-refractivity contribution in [2.45, 2.75) is 39.2 Å². The Hall–Kier alpha value is -1.93. The summed E-state index contributed by atoms with van der Waals surface area (Å²) in [6.45, 7) is 4.94. The van der Waals surface area contributed by atoms with Crippen molar-refractivity contribution in [2.75, 3.05) is 5.32 Å². The highest BCUT2D eigenvalue weighted by molar-refractivity contribution is 5.91. The van der Waals surface area contributed by atoms with Crippen LogP contribution in [0.2, 0.25) is 0 Å². The number of hydrogen-bond donors (Lipinski definition) is 2. The lowest BCUT2D eigenvalue weighted by Crippen LogP contribution is -2.55. The number of urea groups is 1. The topological polar surface area (TPSA) is 41.1 Å². The third kappa shape index (κ3) is 4.54. The molecule has 0 aliphatic carbocycles. The van der Waals surface area contributed by atoms with Crippen molar-refractivity contribution in [1.29, 1.82) is 0 Å². The summed E-state index contributed by atoms with van der Waals surface area (Å²) in [5.41, 5.74) is 2.09. The number of benzene rings is 1. The Bertz CT molecular complexity index is 528. The van der Waals surface area contributed by atoms with Crippen LogP contribution < -0.4 is 10.6 Å². The van der Waals surface area contributed by atoms with Crippen LogP contribution in [-0.2, 0) is 0 Å². The van der Waals surface area contributed by atoms with Crippen LogP contribution in [0.3, 0.4) is 0 Å². The fourth-order valence-corrected chi connectivity index (χ4v) is 2.01. The van der Waals surface area contributed by atoms with E-state index in [9.17, 15) is 31.1 Å². The first-order chi connectivity index (χ1) is 9.82. The highest BCUT2D eigenvalue weighted by atomic mass is 19.4. The second kappa shape index (κ2) is 6.05. The number of hydrogen-bond acceptors (Lipinski definition) is 1. The van der Waals surface area contributed by atoms with Gasteiger partial charge in [0.15, 0.2) is 0 Å². The van der Waals surface area contributed by atoms with Gasteiger partial charge in [-0.25, -0.2) is 4.79 Å². The summed E-state index contributed by atoms with van der Waals surface area (Å²) in [4.78, 5) is 11.5. The Morgan fingerprint density at radius 2 is 1.36 bits per heavy atom. The second-order valence-corrected chi connectivity index (χ2v) is 4.89. The molecule has 0 bridgehead atoms. The molecule has 22 heavy (non-hydrogen) atoms. The molecule has 0 unspecified atom stereocenters. The Balaban J connectivity index is 2.95. The summed E-state index contributed by atoms with van der Waals surface area (Å²) < 4.78 is 74.2. The summed E-state index contributed by atoms with van der Waals surface area (Å²) in [5, 5.41) is 2.94. The molecule has 0 atom stereocenters. The minimum absolute atomic E-state index is 0.172. The van der Waals surface area contributed by atoms with Gasteiger partial charge in [0, 0.05) is 5.69 Å². The average Bonchev–Trinajstić information content (AvgIpc) is 2.27. The normalized spacial score (nSPS) is 12.5. The standard InChI is InChI=1S/C13H14F6N2O/c1-6-4-7(2)9(8(3)5-6)20-11(22)21-10(12(14,15)16)13(17,18)19/h4-5,10H,1-3H3,(H2,20,21,22). The summed E-state index contributed by atoms with van der Waals surface area (Å²) in [7, 11) is 0. The quantitative estimate of drug-likeness (QED) is 0.784. The van der Waals surface area contributed by atoms with E-state index in [0.717, 1.165) is 10.9 Å². The molecule has 0 aromatic heterocycles. The van der Waals surface area contributed by atoms with Gasteiger partial charge in [0.25, 0.3) is 0 Å². The lowest BCUT2D eigenvalue weighted by atomic mass is 10.1. The number of aryl methyl sites for hydroxylation is 3. The zero-order valence-electron chi connectivity index (χ0n) is 11.9. The molecular formula is C13H14F6N2O. The predicted octanol–water partition coefficient (Wildman–Crippen LogP) is 4.23. The monoisotopic (exact) mass is 328 g/mol. The van der Waals surface area contributed by atoms with Crippen LogP contribution in [0.4, 0.5) is 36.8 Å². The maximum atomic E-state index is 12.4. The second-order valence-electron chi connectivity index (χ2n) is 4.89. The van der Waals surface area contributed by atoms with E-state index in [1.807, 2.05) is 5.32 Å². The summed E-state index contributed by atoms with van der Waals surface area (Å²) in [6, 6.07) is -2.21. The van der Waals surface area contributed by atoms with E-state index in [2.05, 4.69) is 0 Å². The third-order valence-corrected chi connectivity index (χ3v) is 2.85. The van der Waals surface area contributed by atoms with Crippen molar-refractivity contribution in [3.05, 3.63) is 28.8 Å². The molecule has 2 amide bonds. The first-order valence-electron chi connectivity index (χ1n) is 6.11. The summed E-state index contributed by atoms with van der Waals surface area (Å²) in [6.07, 6.45) is -11.3. The van der Waals surface area contributed by atoms with Crippen LogP contribution in [0.5, 0.6) is 0 Å². The Kier molecular flexibility index (Phi) is 4.99. The van der Waals surface area contributed by atoms with Gasteiger partial charge in [-0.2, -0.15) is 26.3 Å². The smallest absolute Gasteiger partial charge is 0.318 e. The summed E-state index contributed by atoms with van der Waals surface area (Å²) >= 11 is 0. The molecule has 0 aliphatic heterocycles. The predicted molar refractivity (Wildman–Crippen MR) is 68.7 cm³/mol. The largest absolute Gasteiger partial charge is 0.417 e. The molecule has 0 fully saturated rings. The fraction of sp³-hybridized carbons (Fsp3) is 0.462. The molecule has 9 heteroatoms. The highest BCUT2D eigenvalue weighted by Gasteiger charge is 2.57. The highest BCUT2D eigenvalue weighted by Crippen LogP contribution is 2.33. The van der Waals surface area contributed by atoms with Gasteiger partial charge in [-0.3, -0.25) is 0 Å². The molecule has 0 heterocycles. The van der Waals surface area contributed by atoms with Gasteiger partial charge >= 0.3 is 18.4 Å². The lowest BCUT2D eigenvalue weighted by molar-refractivity contribution is -0.255. The number of nitrogens with one attached hydrogen (secondary N) is 2. The molecule has 0 saturated heterocycles. The fourth-order valence-electron chi connectivity index (χ4n) is 2.01. The number of anilines is 1. The lowest BCUT2D eigenvalue weighted by Gasteiger charge is -2.24. The molecular weight excluding hydrogens is 314 g/mol. The van der Waals surface area contributed by atoms with Crippen LogP contribution >= 0.6 is 0 Å². The van der Waals surface area contributed by atoms with Crippen molar-refractivity contribution in [3.63, 3.8) is 0 Å². The maximum Gasteiger partial charge on any atom is 0.417 e. The van der Waals surface area contributed by atoms with E-state index in [4.69, 9.17) is 0 Å². The van der Waals surface area contributed by atoms with Crippen LogP contribution in [0, 0.1) is 20.8 Å². The molecule has 0 radical (unpaired) electrons. The van der Waals surface area contributed by atoms with Crippen LogP contribution in [0.25, 0.3) is 0 Å². The van der Waals surface area contributed by atoms with Gasteiger partial charge in [0.1, 0.15) is 0 Å². The molecule has 0 saturated carbocycles. The van der Waals surface area contributed by atoms with E-state index in [1.165, 1.54) is 0 Å². The Labute approximate surface area is 122 Å². The van der Waals surface area contributed by atoms with Crippen LogP contribution in [0.1, 0.15) is 16.7 Å². The van der Waals surface area contributed by atoms with Gasteiger partial charge in [0.05, 0.1) is 0 Å². The first-order valence-corrected chi connectivity index (χ1v) is 6.11. The maximum absolute atomic E-state index is 12.4. The number of carbonyl (C=O) groups excluding carboxylic acids is 1. The first kappa shape index (κ1) is 18.1.